The van der Waals surface area contributed by atoms with E-state index in [4.69, 9.17) is 10.7 Å². The van der Waals surface area contributed by atoms with Crippen LogP contribution in [-0.2, 0) is 0 Å². The topological polar surface area (TPSA) is 76.7 Å². The number of fused-ring (bicyclic) bond motifs is 1. The number of alkyl halides is 4. The van der Waals surface area contributed by atoms with Crippen LogP contribution in [0, 0.1) is 0 Å². The molecule has 0 bridgehead atoms. The summed E-state index contributed by atoms with van der Waals surface area (Å²) in [6.07, 6.45) is 2.11. The number of thiophene rings is 1. The summed E-state index contributed by atoms with van der Waals surface area (Å²) < 4.78 is 38.8. The van der Waals surface area contributed by atoms with Crippen molar-refractivity contribution in [3.63, 3.8) is 0 Å². The first kappa shape index (κ1) is 19.3. The van der Waals surface area contributed by atoms with Crippen LogP contribution in [0.2, 0.25) is 0 Å². The van der Waals surface area contributed by atoms with Crippen LogP contribution >= 0.6 is 11.3 Å². The third-order valence-electron chi connectivity index (χ3n) is 4.21. The lowest BCUT2D eigenvalue weighted by Gasteiger charge is -2.23. The van der Waals surface area contributed by atoms with E-state index >= 15 is 0 Å². The third-order valence-corrected chi connectivity index (χ3v) is 5.42. The molecule has 10 heteroatoms. The molecule has 0 unspecified atom stereocenters. The van der Waals surface area contributed by atoms with Crippen LogP contribution < -0.4 is 11.1 Å². The highest BCUT2D eigenvalue weighted by Gasteiger charge is 2.24. The maximum absolute atomic E-state index is 9.69. The fourth-order valence-electron chi connectivity index (χ4n) is 2.70. The van der Waals surface area contributed by atoms with Gasteiger partial charge in [-0.1, -0.05) is 6.42 Å². The Morgan fingerprint density at radius 1 is 1.15 bits per heavy atom. The minimum Gasteiger partial charge on any atom is -0.396 e. The van der Waals surface area contributed by atoms with Crippen molar-refractivity contribution in [3.8, 4) is 11.4 Å². The molecule has 5 nitrogen and oxygen atoms in total. The first-order chi connectivity index (χ1) is 12.7. The maximum Gasteiger partial charge on any atom is 0.559 e. The second kappa shape index (κ2) is 7.63. The number of rotatable bonds is 3. The van der Waals surface area contributed by atoms with E-state index in [2.05, 4.69) is 21.4 Å². The Morgan fingerprint density at radius 3 is 2.41 bits per heavy atom. The highest BCUT2D eigenvalue weighted by Crippen LogP contribution is 2.41. The molecule has 3 aromatic heterocycles. The predicted octanol–water partition coefficient (Wildman–Crippen LogP) is 5.12. The van der Waals surface area contributed by atoms with E-state index in [0.717, 1.165) is 21.7 Å². The Morgan fingerprint density at radius 2 is 1.85 bits per heavy atom. The Labute approximate surface area is 156 Å². The molecule has 3 aromatic rings. The molecule has 3 heterocycles. The SMILES string of the molecule is CNc1ncc(-c2ncc3cc(C4CCC4)sc3n2)cc1N.FC(F)(F)F. The summed E-state index contributed by atoms with van der Waals surface area (Å²) in [4.78, 5) is 15.9. The molecule has 0 atom stereocenters. The number of aromatic nitrogens is 3. The van der Waals surface area contributed by atoms with Crippen molar-refractivity contribution in [2.24, 2.45) is 0 Å². The van der Waals surface area contributed by atoms with Gasteiger partial charge >= 0.3 is 6.43 Å². The minimum absolute atomic E-state index is 0.602. The number of nitrogens with one attached hydrogen (secondary N) is 1. The maximum atomic E-state index is 9.69. The van der Waals surface area contributed by atoms with Crippen LogP contribution in [0.4, 0.5) is 29.1 Å². The van der Waals surface area contributed by atoms with Crippen molar-refractivity contribution in [3.05, 3.63) is 29.4 Å². The molecule has 0 spiro atoms. The van der Waals surface area contributed by atoms with Crippen molar-refractivity contribution in [1.29, 1.82) is 0 Å². The molecular formula is C17H17F4N5S. The van der Waals surface area contributed by atoms with Crippen molar-refractivity contribution in [2.75, 3.05) is 18.1 Å². The summed E-state index contributed by atoms with van der Waals surface area (Å²) in [5, 5.41) is 4.09. The lowest BCUT2D eigenvalue weighted by Crippen LogP contribution is -2.06. The average molecular weight is 399 g/mol. The normalized spacial score (nSPS) is 14.4. The molecule has 0 aromatic carbocycles. The average Bonchev–Trinajstić information content (AvgIpc) is 2.93. The molecule has 0 radical (unpaired) electrons. The van der Waals surface area contributed by atoms with E-state index in [1.54, 1.807) is 24.6 Å². The summed E-state index contributed by atoms with van der Waals surface area (Å²) in [6.45, 7) is 0. The Bertz CT molecular complexity index is 931. The first-order valence-corrected chi connectivity index (χ1v) is 9.02. The second-order valence-electron chi connectivity index (χ2n) is 6.07. The molecule has 3 N–H and O–H groups in total. The molecule has 1 fully saturated rings. The van der Waals surface area contributed by atoms with E-state index in [-0.39, 0.29) is 0 Å². The van der Waals surface area contributed by atoms with Gasteiger partial charge in [0, 0.05) is 35.3 Å². The lowest BCUT2D eigenvalue weighted by molar-refractivity contribution is -0.237. The minimum atomic E-state index is -5.50. The zero-order valence-electron chi connectivity index (χ0n) is 14.3. The van der Waals surface area contributed by atoms with Gasteiger partial charge in [0.25, 0.3) is 0 Å². The molecule has 0 aliphatic heterocycles. The summed E-state index contributed by atoms with van der Waals surface area (Å²) >= 11 is 1.79. The third kappa shape index (κ3) is 4.82. The van der Waals surface area contributed by atoms with Crippen molar-refractivity contribution in [2.45, 2.75) is 31.6 Å². The number of hydrogen-bond acceptors (Lipinski definition) is 6. The van der Waals surface area contributed by atoms with Crippen LogP contribution in [0.5, 0.6) is 0 Å². The number of halogens is 4. The van der Waals surface area contributed by atoms with Gasteiger partial charge in [-0.25, -0.2) is 15.0 Å². The van der Waals surface area contributed by atoms with Crippen LogP contribution in [0.3, 0.4) is 0 Å². The molecule has 1 aliphatic rings. The van der Waals surface area contributed by atoms with Gasteiger partial charge in [-0.2, -0.15) is 0 Å². The molecule has 0 amide bonds. The number of pyridine rings is 1. The quantitative estimate of drug-likeness (QED) is 0.598. The zero-order chi connectivity index (χ0) is 19.6. The highest BCUT2D eigenvalue weighted by atomic mass is 32.1. The first-order valence-electron chi connectivity index (χ1n) is 8.20. The predicted molar refractivity (Wildman–Crippen MR) is 98.4 cm³/mol. The summed E-state index contributed by atoms with van der Waals surface area (Å²) in [5.74, 6) is 2.08. The molecule has 0 saturated heterocycles. The van der Waals surface area contributed by atoms with Crippen LogP contribution in [0.15, 0.2) is 24.5 Å². The Kier molecular flexibility index (Phi) is 5.45. The molecule has 144 valence electrons. The van der Waals surface area contributed by atoms with Crippen molar-refractivity contribution < 1.29 is 17.6 Å². The van der Waals surface area contributed by atoms with E-state index in [1.807, 2.05) is 12.3 Å². The van der Waals surface area contributed by atoms with Gasteiger partial charge in [-0.3, -0.25) is 0 Å². The zero-order valence-corrected chi connectivity index (χ0v) is 15.2. The molecule has 1 aliphatic carbocycles. The van der Waals surface area contributed by atoms with Crippen LogP contribution in [0.1, 0.15) is 30.1 Å². The summed E-state index contributed by atoms with van der Waals surface area (Å²) in [7, 11) is 1.80. The van der Waals surface area contributed by atoms with E-state index in [9.17, 15) is 17.6 Å². The Balaban J connectivity index is 0.000000376. The summed E-state index contributed by atoms with van der Waals surface area (Å²) in [6, 6.07) is 4.10. The van der Waals surface area contributed by atoms with E-state index in [0.29, 0.717) is 17.3 Å². The number of hydrogen-bond donors (Lipinski definition) is 2. The van der Waals surface area contributed by atoms with Gasteiger partial charge < -0.3 is 11.1 Å². The van der Waals surface area contributed by atoms with E-state index in [1.165, 1.54) is 24.1 Å². The largest absolute Gasteiger partial charge is 0.559 e. The van der Waals surface area contributed by atoms with Crippen LogP contribution in [0.25, 0.3) is 21.6 Å². The molecule has 27 heavy (non-hydrogen) atoms. The van der Waals surface area contributed by atoms with Gasteiger partial charge in [-0.15, -0.1) is 28.9 Å². The van der Waals surface area contributed by atoms with Gasteiger partial charge in [0.1, 0.15) is 10.6 Å². The number of anilines is 2. The highest BCUT2D eigenvalue weighted by molar-refractivity contribution is 7.18. The monoisotopic (exact) mass is 399 g/mol. The van der Waals surface area contributed by atoms with Gasteiger partial charge in [-0.05, 0) is 30.9 Å². The molecule has 4 rings (SSSR count). The van der Waals surface area contributed by atoms with Gasteiger partial charge in [0.2, 0.25) is 0 Å². The van der Waals surface area contributed by atoms with Gasteiger partial charge in [0.15, 0.2) is 5.82 Å². The Hall–Kier alpha value is -2.49. The van der Waals surface area contributed by atoms with E-state index < -0.39 is 6.43 Å². The number of nitrogens with zero attached hydrogens (tertiary/aromatic N) is 3. The standard InChI is InChI=1S/C16H17N5S.CF4/c1-18-15-12(17)5-10(7-20-15)14-19-8-11-6-13(9-3-2-4-9)22-16(11)21-14;2-1(3,4)5/h5-9H,2-4,17H2,1H3,(H,18,20);. The number of nitrogens with two attached hydrogens (primary N) is 1. The van der Waals surface area contributed by atoms with Crippen molar-refractivity contribution in [1.82, 2.24) is 15.0 Å². The van der Waals surface area contributed by atoms with Crippen molar-refractivity contribution >= 4 is 33.1 Å². The van der Waals surface area contributed by atoms with Gasteiger partial charge in [0.05, 0.1) is 5.69 Å². The number of nitrogen functional groups attached to an aromatic ring is 1. The second-order valence-corrected chi connectivity index (χ2v) is 7.13. The fraction of sp³-hybridized carbons (Fsp3) is 0.353. The van der Waals surface area contributed by atoms with Crippen LogP contribution in [-0.4, -0.2) is 28.4 Å². The summed E-state index contributed by atoms with van der Waals surface area (Å²) in [5.41, 5.74) is 7.42. The lowest BCUT2D eigenvalue weighted by atomic mass is 9.84. The fourth-order valence-corrected chi connectivity index (χ4v) is 3.87. The molecular weight excluding hydrogens is 382 g/mol. The molecule has 1 saturated carbocycles. The smallest absolute Gasteiger partial charge is 0.396 e.